The third-order valence-corrected chi connectivity index (χ3v) is 3.20. The first-order valence-corrected chi connectivity index (χ1v) is 7.18. The third kappa shape index (κ3) is 6.61. The lowest BCUT2D eigenvalue weighted by molar-refractivity contribution is -0.157. The normalized spacial score (nSPS) is 11.6. The van der Waals surface area contributed by atoms with E-state index in [1.165, 1.54) is 16.9 Å². The van der Waals surface area contributed by atoms with E-state index in [9.17, 15) is 9.59 Å². The molecule has 1 aromatic carbocycles. The van der Waals surface area contributed by atoms with Gasteiger partial charge in [0, 0.05) is 9.79 Å². The molecule has 0 fully saturated rings. The van der Waals surface area contributed by atoms with E-state index in [-0.39, 0.29) is 18.8 Å². The van der Waals surface area contributed by atoms with Gasteiger partial charge in [0.05, 0.1) is 20.0 Å². The summed E-state index contributed by atoms with van der Waals surface area (Å²) in [5.41, 5.74) is -0.493. The van der Waals surface area contributed by atoms with E-state index in [1.54, 1.807) is 20.8 Å². The highest BCUT2D eigenvalue weighted by Gasteiger charge is 2.16. The molecule has 20 heavy (non-hydrogen) atoms. The summed E-state index contributed by atoms with van der Waals surface area (Å²) >= 11 is 1.85. The maximum Gasteiger partial charge on any atom is 0.306 e. The summed E-state index contributed by atoms with van der Waals surface area (Å²) < 4.78 is 9.37. The van der Waals surface area contributed by atoms with Crippen LogP contribution in [0.25, 0.3) is 0 Å². The minimum absolute atomic E-state index is 0.0734. The lowest BCUT2D eigenvalue weighted by Crippen LogP contribution is -2.24. The zero-order valence-electron chi connectivity index (χ0n) is 12.3. The van der Waals surface area contributed by atoms with Gasteiger partial charge in [-0.1, -0.05) is 17.8 Å². The average molecular weight is 296 g/mol. The highest BCUT2D eigenvalue weighted by molar-refractivity contribution is 8.00. The summed E-state index contributed by atoms with van der Waals surface area (Å²) in [5, 5.41) is 0. The van der Waals surface area contributed by atoms with E-state index in [0.717, 1.165) is 0 Å². The molecule has 1 aromatic rings. The van der Waals surface area contributed by atoms with Crippen molar-refractivity contribution in [2.75, 3.05) is 7.11 Å². The minimum Gasteiger partial charge on any atom is -0.469 e. The Kier molecular flexibility index (Phi) is 6.07. The summed E-state index contributed by atoms with van der Waals surface area (Å²) in [6.45, 7) is 5.34. The molecular formula is C15H20O4S. The van der Waals surface area contributed by atoms with Gasteiger partial charge in [-0.25, -0.2) is 0 Å². The van der Waals surface area contributed by atoms with E-state index in [0.29, 0.717) is 0 Å². The van der Waals surface area contributed by atoms with Gasteiger partial charge in [-0.2, -0.15) is 0 Å². The average Bonchev–Trinajstić information content (AvgIpc) is 2.35. The Balaban J connectivity index is 0.000000233. The van der Waals surface area contributed by atoms with Crippen LogP contribution < -0.4 is 0 Å². The molecule has 0 amide bonds. The van der Waals surface area contributed by atoms with Crippen LogP contribution in [-0.4, -0.2) is 24.6 Å². The summed E-state index contributed by atoms with van der Waals surface area (Å²) in [6, 6.07) is 8.52. The van der Waals surface area contributed by atoms with E-state index >= 15 is 0 Å². The maximum absolute atomic E-state index is 11.0. The zero-order chi connectivity index (χ0) is 15.2. The second-order valence-corrected chi connectivity index (χ2v) is 6.39. The maximum atomic E-state index is 11.0. The van der Waals surface area contributed by atoms with Crippen molar-refractivity contribution in [1.29, 1.82) is 0 Å². The molecule has 0 unspecified atom stereocenters. The highest BCUT2D eigenvalue weighted by atomic mass is 32.2. The molecule has 0 aliphatic carbocycles. The van der Waals surface area contributed by atoms with E-state index in [2.05, 4.69) is 29.0 Å². The summed E-state index contributed by atoms with van der Waals surface area (Å²) in [4.78, 5) is 24.5. The second kappa shape index (κ2) is 7.33. The van der Waals surface area contributed by atoms with Crippen LogP contribution in [-0.2, 0) is 19.1 Å². The van der Waals surface area contributed by atoms with Gasteiger partial charge in [0.2, 0.25) is 0 Å². The smallest absolute Gasteiger partial charge is 0.306 e. The van der Waals surface area contributed by atoms with Crippen LogP contribution in [0.1, 0.15) is 33.6 Å². The van der Waals surface area contributed by atoms with Crippen LogP contribution in [0.3, 0.4) is 0 Å². The van der Waals surface area contributed by atoms with Gasteiger partial charge in [0.1, 0.15) is 5.60 Å². The van der Waals surface area contributed by atoms with Crippen LogP contribution in [0.2, 0.25) is 0 Å². The first-order chi connectivity index (χ1) is 9.30. The third-order valence-electron chi connectivity index (χ3n) is 2.22. The number of esters is 2. The van der Waals surface area contributed by atoms with Gasteiger partial charge in [-0.3, -0.25) is 9.59 Å². The highest BCUT2D eigenvalue weighted by Crippen LogP contribution is 2.37. The van der Waals surface area contributed by atoms with Crippen LogP contribution in [0, 0.1) is 0 Å². The fourth-order valence-electron chi connectivity index (χ4n) is 1.38. The number of methoxy groups -OCH3 is 1. The number of carbonyl (C=O) groups excluding carboxylic acids is 2. The van der Waals surface area contributed by atoms with Crippen molar-refractivity contribution >= 4 is 23.7 Å². The zero-order valence-corrected chi connectivity index (χ0v) is 13.1. The first-order valence-electron chi connectivity index (χ1n) is 6.37. The largest absolute Gasteiger partial charge is 0.469 e. The first kappa shape index (κ1) is 16.6. The molecule has 3 rings (SSSR count). The van der Waals surface area contributed by atoms with Crippen molar-refractivity contribution < 1.29 is 19.1 Å². The molecule has 0 spiro atoms. The van der Waals surface area contributed by atoms with Gasteiger partial charge in [0.15, 0.2) is 0 Å². The molecular weight excluding hydrogens is 276 g/mol. The Morgan fingerprint density at radius 3 is 1.90 bits per heavy atom. The lowest BCUT2D eigenvalue weighted by atomic mass is 10.2. The van der Waals surface area contributed by atoms with E-state index < -0.39 is 11.6 Å². The number of hydrogen-bond acceptors (Lipinski definition) is 5. The summed E-state index contributed by atoms with van der Waals surface area (Å²) in [7, 11) is 1.29. The lowest BCUT2D eigenvalue weighted by Gasteiger charge is -2.19. The van der Waals surface area contributed by atoms with Crippen molar-refractivity contribution in [1.82, 2.24) is 0 Å². The fourth-order valence-corrected chi connectivity index (χ4v) is 2.13. The molecule has 5 heteroatoms. The Labute approximate surface area is 123 Å². The van der Waals surface area contributed by atoms with E-state index in [4.69, 9.17) is 4.74 Å². The predicted molar refractivity (Wildman–Crippen MR) is 77.7 cm³/mol. The van der Waals surface area contributed by atoms with Crippen molar-refractivity contribution in [3.63, 3.8) is 0 Å². The predicted octanol–water partition coefficient (Wildman–Crippen LogP) is 3.43. The molecule has 0 atom stereocenters. The van der Waals surface area contributed by atoms with Crippen molar-refractivity contribution in [3.05, 3.63) is 24.3 Å². The number of rotatable bonds is 3. The number of ether oxygens (including phenoxy) is 2. The minimum atomic E-state index is -0.493. The van der Waals surface area contributed by atoms with Crippen LogP contribution >= 0.6 is 11.8 Å². The molecule has 2 bridgehead atoms. The van der Waals surface area contributed by atoms with Crippen LogP contribution in [0.4, 0.5) is 0 Å². The summed E-state index contributed by atoms with van der Waals surface area (Å²) in [6.07, 6.45) is 0.148. The Bertz CT molecular complexity index is 452. The van der Waals surface area contributed by atoms with Gasteiger partial charge in [-0.05, 0) is 39.0 Å². The van der Waals surface area contributed by atoms with Gasteiger partial charge in [0.25, 0.3) is 0 Å². The Morgan fingerprint density at radius 1 is 1.10 bits per heavy atom. The molecule has 0 saturated carbocycles. The molecule has 2 aliphatic rings. The topological polar surface area (TPSA) is 52.6 Å². The van der Waals surface area contributed by atoms with Crippen molar-refractivity contribution in [2.45, 2.75) is 49.0 Å². The number of hydrogen-bond donors (Lipinski definition) is 0. The van der Waals surface area contributed by atoms with Crippen LogP contribution in [0.5, 0.6) is 0 Å². The molecule has 0 radical (unpaired) electrons. The number of benzene rings is 1. The van der Waals surface area contributed by atoms with E-state index in [1.807, 2.05) is 11.8 Å². The quantitative estimate of drug-likeness (QED) is 0.812. The molecule has 110 valence electrons. The Morgan fingerprint density at radius 2 is 1.60 bits per heavy atom. The van der Waals surface area contributed by atoms with Gasteiger partial charge in [-0.15, -0.1) is 0 Å². The summed E-state index contributed by atoms with van der Waals surface area (Å²) in [5.74, 6) is -0.774. The Hall–Kier alpha value is -1.49. The van der Waals surface area contributed by atoms with Crippen LogP contribution in [0.15, 0.2) is 34.1 Å². The monoisotopic (exact) mass is 296 g/mol. The number of fused-ring (bicyclic) bond motifs is 2. The molecule has 4 nitrogen and oxygen atoms in total. The van der Waals surface area contributed by atoms with Crippen molar-refractivity contribution in [2.24, 2.45) is 0 Å². The molecule has 0 saturated heterocycles. The molecule has 0 aromatic heterocycles. The molecule has 0 N–H and O–H groups in total. The molecule has 2 heterocycles. The van der Waals surface area contributed by atoms with Gasteiger partial charge < -0.3 is 9.47 Å². The molecule has 2 aliphatic heterocycles. The van der Waals surface area contributed by atoms with Gasteiger partial charge >= 0.3 is 11.9 Å². The standard InChI is InChI=1S/C9H16O4.C6H4S/c1-9(2,3)13-8(11)6-5-7(10)12-4;1-2-5-4-6(3-1)7-5/h5-6H2,1-4H3;1-4H. The number of carbonyl (C=O) groups is 2. The van der Waals surface area contributed by atoms with Crippen molar-refractivity contribution in [3.8, 4) is 0 Å². The second-order valence-electron chi connectivity index (χ2n) is 5.24. The fraction of sp³-hybridized carbons (Fsp3) is 0.467. The SMILES string of the molecule is COC(=O)CCC(=O)OC(C)(C)C.c1cc2cc(c1)S2.